The van der Waals surface area contributed by atoms with Gasteiger partial charge in [-0.15, -0.1) is 10.2 Å². The van der Waals surface area contributed by atoms with Crippen molar-refractivity contribution in [3.8, 4) is 6.07 Å². The predicted octanol–water partition coefficient (Wildman–Crippen LogP) is 1.50. The van der Waals surface area contributed by atoms with E-state index in [0.717, 1.165) is 44.2 Å². The van der Waals surface area contributed by atoms with Gasteiger partial charge in [0.1, 0.15) is 11.9 Å². The normalized spacial score (nSPS) is 17.1. The molecule has 140 valence electrons. The van der Waals surface area contributed by atoms with Crippen LogP contribution >= 0.6 is 0 Å². The summed E-state index contributed by atoms with van der Waals surface area (Å²) in [6.45, 7) is 5.15. The third-order valence-corrected chi connectivity index (χ3v) is 4.99. The predicted molar refractivity (Wildman–Crippen MR) is 103 cm³/mol. The van der Waals surface area contributed by atoms with E-state index in [-0.39, 0.29) is 5.69 Å². The maximum Gasteiger partial charge on any atom is 0.174 e. The summed E-state index contributed by atoms with van der Waals surface area (Å²) in [6, 6.07) is 3.93. The molecule has 9 nitrogen and oxygen atoms in total. The van der Waals surface area contributed by atoms with E-state index in [1.807, 2.05) is 12.1 Å². The highest BCUT2D eigenvalue weighted by Crippen LogP contribution is 2.29. The van der Waals surface area contributed by atoms with E-state index >= 15 is 0 Å². The van der Waals surface area contributed by atoms with Crippen LogP contribution in [0.5, 0.6) is 0 Å². The Bertz CT molecular complexity index is 805. The Labute approximate surface area is 158 Å². The molecule has 0 bridgehead atoms. The number of aromatic nitrogens is 4. The number of anilines is 4. The van der Waals surface area contributed by atoms with Gasteiger partial charge in [-0.2, -0.15) is 5.26 Å². The minimum atomic E-state index is 0.282. The summed E-state index contributed by atoms with van der Waals surface area (Å²) < 4.78 is 0. The van der Waals surface area contributed by atoms with Gasteiger partial charge >= 0.3 is 0 Å². The Kier molecular flexibility index (Phi) is 5.25. The molecule has 0 spiro atoms. The molecular formula is C18H23N9. The summed E-state index contributed by atoms with van der Waals surface area (Å²) in [7, 11) is 0. The fourth-order valence-electron chi connectivity index (χ4n) is 3.26. The Hall–Kier alpha value is -2.99. The lowest BCUT2D eigenvalue weighted by Crippen LogP contribution is -2.38. The lowest BCUT2D eigenvalue weighted by molar-refractivity contribution is 0.390. The van der Waals surface area contributed by atoms with Gasteiger partial charge in [0.2, 0.25) is 0 Å². The lowest BCUT2D eigenvalue weighted by atomic mass is 9.98. The van der Waals surface area contributed by atoms with E-state index in [1.54, 1.807) is 0 Å². The molecule has 2 aliphatic heterocycles. The van der Waals surface area contributed by atoms with Crippen molar-refractivity contribution in [2.75, 3.05) is 48.3 Å². The number of hydrogen-bond acceptors (Lipinski definition) is 9. The van der Waals surface area contributed by atoms with Crippen molar-refractivity contribution in [1.82, 2.24) is 25.5 Å². The maximum absolute atomic E-state index is 8.82. The molecule has 2 aromatic rings. The molecule has 0 atom stereocenters. The van der Waals surface area contributed by atoms with E-state index in [2.05, 4.69) is 41.0 Å². The van der Waals surface area contributed by atoms with E-state index in [0.29, 0.717) is 17.6 Å². The average molecular weight is 365 g/mol. The quantitative estimate of drug-likeness (QED) is 0.700. The van der Waals surface area contributed by atoms with E-state index in [1.165, 1.54) is 31.7 Å². The Morgan fingerprint density at radius 2 is 2.00 bits per heavy atom. The molecule has 0 saturated carbocycles. The molecule has 4 rings (SSSR count). The van der Waals surface area contributed by atoms with Gasteiger partial charge in [0.25, 0.3) is 0 Å². The molecule has 2 fully saturated rings. The summed E-state index contributed by atoms with van der Waals surface area (Å²) in [5, 5.41) is 27.6. The molecule has 2 aromatic heterocycles. The van der Waals surface area contributed by atoms with Gasteiger partial charge in [0, 0.05) is 25.7 Å². The van der Waals surface area contributed by atoms with Crippen LogP contribution in [0.3, 0.4) is 0 Å². The van der Waals surface area contributed by atoms with Crippen molar-refractivity contribution in [2.45, 2.75) is 19.3 Å². The molecule has 0 aromatic carbocycles. The highest BCUT2D eigenvalue weighted by molar-refractivity contribution is 5.70. The summed E-state index contributed by atoms with van der Waals surface area (Å²) in [4.78, 5) is 10.4. The van der Waals surface area contributed by atoms with Crippen molar-refractivity contribution in [1.29, 1.82) is 5.26 Å². The zero-order valence-electron chi connectivity index (χ0n) is 15.1. The number of piperidine rings is 1. The third kappa shape index (κ3) is 4.23. The molecule has 0 radical (unpaired) electrons. The molecule has 4 heterocycles. The summed E-state index contributed by atoms with van der Waals surface area (Å²) in [5.74, 6) is 2.71. The van der Waals surface area contributed by atoms with Gasteiger partial charge in [-0.25, -0.2) is 9.97 Å². The van der Waals surface area contributed by atoms with Gasteiger partial charge in [-0.3, -0.25) is 0 Å². The summed E-state index contributed by atoms with van der Waals surface area (Å²) in [6.07, 6.45) is 6.52. The first-order chi connectivity index (χ1) is 13.3. The standard InChI is InChI=1S/C18H23N9/c19-9-14-11-23-17(12-21-14)24-16-8-15(18(26-25-16)27-6-1-7-27)22-10-13-2-4-20-5-3-13/h8,11-13,20H,1-7,10H2,(H2,22,23,24,25). The smallest absolute Gasteiger partial charge is 0.174 e. The van der Waals surface area contributed by atoms with E-state index in [9.17, 15) is 0 Å². The minimum absolute atomic E-state index is 0.282. The molecule has 0 amide bonds. The van der Waals surface area contributed by atoms with Crippen LogP contribution in [0.1, 0.15) is 25.0 Å². The number of rotatable bonds is 6. The highest BCUT2D eigenvalue weighted by Gasteiger charge is 2.21. The van der Waals surface area contributed by atoms with Crippen LogP contribution in [0, 0.1) is 17.2 Å². The van der Waals surface area contributed by atoms with Crippen molar-refractivity contribution in [2.24, 2.45) is 5.92 Å². The third-order valence-electron chi connectivity index (χ3n) is 4.99. The monoisotopic (exact) mass is 365 g/mol. The van der Waals surface area contributed by atoms with Gasteiger partial charge in [0.05, 0.1) is 18.1 Å². The zero-order valence-corrected chi connectivity index (χ0v) is 15.1. The van der Waals surface area contributed by atoms with Gasteiger partial charge < -0.3 is 20.9 Å². The van der Waals surface area contributed by atoms with Crippen LogP contribution < -0.4 is 20.9 Å². The Morgan fingerprint density at radius 1 is 1.15 bits per heavy atom. The second-order valence-electron chi connectivity index (χ2n) is 6.91. The highest BCUT2D eigenvalue weighted by atomic mass is 15.3. The van der Waals surface area contributed by atoms with Crippen LogP contribution in [0.2, 0.25) is 0 Å². The zero-order chi connectivity index (χ0) is 18.5. The summed E-state index contributed by atoms with van der Waals surface area (Å²) in [5.41, 5.74) is 1.27. The molecule has 27 heavy (non-hydrogen) atoms. The van der Waals surface area contributed by atoms with Crippen molar-refractivity contribution in [3.05, 3.63) is 24.2 Å². The first-order valence-corrected chi connectivity index (χ1v) is 9.38. The van der Waals surface area contributed by atoms with Crippen LogP contribution in [0.15, 0.2) is 18.5 Å². The topological polar surface area (TPSA) is 115 Å². The number of nitrogens with zero attached hydrogens (tertiary/aromatic N) is 6. The fourth-order valence-corrected chi connectivity index (χ4v) is 3.26. The largest absolute Gasteiger partial charge is 0.382 e. The first-order valence-electron chi connectivity index (χ1n) is 9.38. The molecule has 0 aliphatic carbocycles. The molecule has 0 unspecified atom stereocenters. The van der Waals surface area contributed by atoms with Gasteiger partial charge in [0.15, 0.2) is 17.3 Å². The molecular weight excluding hydrogens is 342 g/mol. The number of hydrogen-bond donors (Lipinski definition) is 3. The second-order valence-corrected chi connectivity index (χ2v) is 6.91. The fraction of sp³-hybridized carbons (Fsp3) is 0.500. The average Bonchev–Trinajstić information content (AvgIpc) is 2.68. The Balaban J connectivity index is 1.49. The molecule has 9 heteroatoms. The van der Waals surface area contributed by atoms with Crippen molar-refractivity contribution >= 4 is 23.1 Å². The maximum atomic E-state index is 8.82. The number of nitrogens with one attached hydrogen (secondary N) is 3. The van der Waals surface area contributed by atoms with Crippen LogP contribution in [-0.2, 0) is 0 Å². The van der Waals surface area contributed by atoms with Gasteiger partial charge in [-0.1, -0.05) is 0 Å². The van der Waals surface area contributed by atoms with Gasteiger partial charge in [-0.05, 0) is 38.3 Å². The van der Waals surface area contributed by atoms with Crippen LogP contribution in [0.25, 0.3) is 0 Å². The minimum Gasteiger partial charge on any atom is -0.382 e. The molecule has 2 saturated heterocycles. The molecule has 3 N–H and O–H groups in total. The molecule has 2 aliphatic rings. The second kappa shape index (κ2) is 8.14. The van der Waals surface area contributed by atoms with Crippen LogP contribution in [0.4, 0.5) is 23.1 Å². The first kappa shape index (κ1) is 17.4. The van der Waals surface area contributed by atoms with E-state index < -0.39 is 0 Å². The van der Waals surface area contributed by atoms with E-state index in [4.69, 9.17) is 5.26 Å². The number of nitriles is 1. The SMILES string of the molecule is N#Cc1cnc(Nc2cc(NCC3CCNCC3)c(N3CCC3)nn2)cn1. The summed E-state index contributed by atoms with van der Waals surface area (Å²) >= 11 is 0. The van der Waals surface area contributed by atoms with Crippen molar-refractivity contribution in [3.63, 3.8) is 0 Å². The van der Waals surface area contributed by atoms with Crippen LogP contribution in [-0.4, -0.2) is 52.9 Å². The lowest BCUT2D eigenvalue weighted by Gasteiger charge is -2.33. The Morgan fingerprint density at radius 3 is 2.67 bits per heavy atom. The van der Waals surface area contributed by atoms with Crippen molar-refractivity contribution < 1.29 is 0 Å².